The van der Waals surface area contributed by atoms with E-state index in [4.69, 9.17) is 10.5 Å². The van der Waals surface area contributed by atoms with Crippen molar-refractivity contribution in [2.24, 2.45) is 5.73 Å². The van der Waals surface area contributed by atoms with Crippen LogP contribution in [0.2, 0.25) is 0 Å². The number of benzene rings is 2. The van der Waals surface area contributed by atoms with E-state index in [0.29, 0.717) is 17.7 Å². The Balaban J connectivity index is 1.52. The number of nitrogens with one attached hydrogen (secondary N) is 2. The molecule has 158 valence electrons. The summed E-state index contributed by atoms with van der Waals surface area (Å²) in [5, 5.41) is 5.33. The quantitative estimate of drug-likeness (QED) is 0.592. The predicted molar refractivity (Wildman–Crippen MR) is 112 cm³/mol. The minimum atomic E-state index is -0.600. The maximum absolute atomic E-state index is 12.5. The molecule has 30 heavy (non-hydrogen) atoms. The summed E-state index contributed by atoms with van der Waals surface area (Å²) in [6.07, 6.45) is 0. The highest BCUT2D eigenvalue weighted by Crippen LogP contribution is 2.11. The van der Waals surface area contributed by atoms with Crippen LogP contribution < -0.4 is 16.4 Å². The van der Waals surface area contributed by atoms with Gasteiger partial charge in [-0.1, -0.05) is 24.3 Å². The molecule has 0 radical (unpaired) electrons. The Kier molecular flexibility index (Phi) is 7.53. The minimum Gasteiger partial charge on any atom is -0.379 e. The van der Waals surface area contributed by atoms with E-state index < -0.39 is 5.91 Å². The lowest BCUT2D eigenvalue weighted by atomic mass is 10.1. The van der Waals surface area contributed by atoms with Crippen molar-refractivity contribution in [1.82, 2.24) is 15.5 Å². The zero-order valence-electron chi connectivity index (χ0n) is 16.7. The van der Waals surface area contributed by atoms with Crippen LogP contribution in [0.4, 0.5) is 0 Å². The molecule has 0 atom stereocenters. The summed E-state index contributed by atoms with van der Waals surface area (Å²) < 4.78 is 5.37. The van der Waals surface area contributed by atoms with E-state index in [2.05, 4.69) is 15.5 Å². The molecule has 1 aliphatic heterocycles. The van der Waals surface area contributed by atoms with Crippen LogP contribution in [-0.2, 0) is 22.6 Å². The molecule has 3 amide bonds. The first kappa shape index (κ1) is 21.5. The molecule has 1 heterocycles. The number of ether oxygens (including phenoxy) is 1. The first-order valence-electron chi connectivity index (χ1n) is 9.84. The van der Waals surface area contributed by atoms with Gasteiger partial charge in [-0.15, -0.1) is 0 Å². The molecule has 0 aliphatic carbocycles. The van der Waals surface area contributed by atoms with E-state index in [1.165, 1.54) is 0 Å². The van der Waals surface area contributed by atoms with Crippen LogP contribution >= 0.6 is 0 Å². The Bertz CT molecular complexity index is 892. The Hall–Kier alpha value is -3.23. The second-order valence-electron chi connectivity index (χ2n) is 7.12. The summed E-state index contributed by atoms with van der Waals surface area (Å²) in [5.41, 5.74) is 8.00. The van der Waals surface area contributed by atoms with Gasteiger partial charge >= 0.3 is 0 Å². The second-order valence-corrected chi connectivity index (χ2v) is 7.12. The van der Waals surface area contributed by atoms with Crippen molar-refractivity contribution in [2.75, 3.05) is 32.8 Å². The number of rotatable bonds is 8. The Morgan fingerprint density at radius 2 is 1.60 bits per heavy atom. The minimum absolute atomic E-state index is 0.151. The third kappa shape index (κ3) is 6.40. The zero-order chi connectivity index (χ0) is 21.3. The summed E-state index contributed by atoms with van der Waals surface area (Å²) in [7, 11) is 0. The highest BCUT2D eigenvalue weighted by atomic mass is 16.5. The summed E-state index contributed by atoms with van der Waals surface area (Å²) in [5.74, 6) is -1.12. The van der Waals surface area contributed by atoms with Gasteiger partial charge in [0.15, 0.2) is 0 Å². The van der Waals surface area contributed by atoms with Gasteiger partial charge in [-0.25, -0.2) is 0 Å². The number of hydrogen-bond acceptors (Lipinski definition) is 5. The van der Waals surface area contributed by atoms with E-state index >= 15 is 0 Å². The van der Waals surface area contributed by atoms with E-state index in [1.54, 1.807) is 30.3 Å². The molecule has 0 aromatic heterocycles. The van der Waals surface area contributed by atoms with Gasteiger partial charge in [0.05, 0.1) is 19.8 Å². The third-order valence-electron chi connectivity index (χ3n) is 4.79. The number of carbonyl (C=O) groups excluding carboxylic acids is 3. The molecule has 8 heteroatoms. The molecule has 0 bridgehead atoms. The van der Waals surface area contributed by atoms with Crippen LogP contribution in [0.25, 0.3) is 0 Å². The lowest BCUT2D eigenvalue weighted by Crippen LogP contribution is -2.35. The predicted octanol–water partition coefficient (Wildman–Crippen LogP) is 0.664. The fourth-order valence-corrected chi connectivity index (χ4v) is 3.16. The van der Waals surface area contributed by atoms with E-state index in [1.807, 2.05) is 18.2 Å². The van der Waals surface area contributed by atoms with E-state index in [-0.39, 0.29) is 18.4 Å². The van der Waals surface area contributed by atoms with Crippen molar-refractivity contribution in [2.45, 2.75) is 13.1 Å². The van der Waals surface area contributed by atoms with Crippen LogP contribution in [0.3, 0.4) is 0 Å². The first-order valence-corrected chi connectivity index (χ1v) is 9.84. The number of hydrogen-bond donors (Lipinski definition) is 3. The molecule has 0 saturated carbocycles. The van der Waals surface area contributed by atoms with Crippen molar-refractivity contribution in [3.63, 3.8) is 0 Å². The summed E-state index contributed by atoms with van der Waals surface area (Å²) in [6.45, 7) is 4.21. The number of primary amides is 1. The first-order chi connectivity index (χ1) is 14.5. The molecule has 8 nitrogen and oxygen atoms in total. The average molecular weight is 410 g/mol. The lowest BCUT2D eigenvalue weighted by Gasteiger charge is -2.26. The van der Waals surface area contributed by atoms with Crippen LogP contribution in [-0.4, -0.2) is 55.5 Å². The number of morpholine rings is 1. The Labute approximate surface area is 175 Å². The molecule has 1 aliphatic rings. The number of amides is 3. The van der Waals surface area contributed by atoms with Crippen molar-refractivity contribution in [3.8, 4) is 0 Å². The molecule has 0 spiro atoms. The largest absolute Gasteiger partial charge is 0.379 e. The SMILES string of the molecule is NC(=O)CNC(=O)c1ccc(CNC(=O)c2cccc(CN3CCOCC3)c2)cc1. The average Bonchev–Trinajstić information content (AvgIpc) is 2.77. The normalized spacial score (nSPS) is 14.1. The maximum atomic E-state index is 12.5. The number of nitrogens with two attached hydrogens (primary N) is 1. The smallest absolute Gasteiger partial charge is 0.251 e. The Morgan fingerprint density at radius 1 is 0.900 bits per heavy atom. The topological polar surface area (TPSA) is 114 Å². The lowest BCUT2D eigenvalue weighted by molar-refractivity contribution is -0.117. The van der Waals surface area contributed by atoms with Crippen molar-refractivity contribution in [1.29, 1.82) is 0 Å². The highest BCUT2D eigenvalue weighted by molar-refractivity contribution is 5.96. The fourth-order valence-electron chi connectivity index (χ4n) is 3.16. The monoisotopic (exact) mass is 410 g/mol. The van der Waals surface area contributed by atoms with Gasteiger partial charge < -0.3 is 21.1 Å². The summed E-state index contributed by atoms with van der Waals surface area (Å²) in [4.78, 5) is 37.5. The van der Waals surface area contributed by atoms with Gasteiger partial charge in [0.2, 0.25) is 5.91 Å². The highest BCUT2D eigenvalue weighted by Gasteiger charge is 2.12. The maximum Gasteiger partial charge on any atom is 0.251 e. The molecule has 1 saturated heterocycles. The number of nitrogens with zero attached hydrogens (tertiary/aromatic N) is 1. The molecular formula is C22H26N4O4. The molecule has 2 aromatic rings. The molecule has 0 unspecified atom stereocenters. The fraction of sp³-hybridized carbons (Fsp3) is 0.318. The summed E-state index contributed by atoms with van der Waals surface area (Å²) >= 11 is 0. The van der Waals surface area contributed by atoms with Gasteiger partial charge in [-0.3, -0.25) is 19.3 Å². The van der Waals surface area contributed by atoms with Crippen LogP contribution in [0.5, 0.6) is 0 Å². The van der Waals surface area contributed by atoms with Gasteiger partial charge in [0.1, 0.15) is 0 Å². The van der Waals surface area contributed by atoms with E-state index in [9.17, 15) is 14.4 Å². The van der Waals surface area contributed by atoms with Crippen LogP contribution in [0.1, 0.15) is 31.8 Å². The van der Waals surface area contributed by atoms with Crippen molar-refractivity contribution < 1.29 is 19.1 Å². The van der Waals surface area contributed by atoms with Crippen molar-refractivity contribution >= 4 is 17.7 Å². The summed E-state index contributed by atoms with van der Waals surface area (Å²) in [6, 6.07) is 14.4. The number of carbonyl (C=O) groups is 3. The molecule has 2 aromatic carbocycles. The van der Waals surface area contributed by atoms with Gasteiger partial charge in [0.25, 0.3) is 11.8 Å². The van der Waals surface area contributed by atoms with Gasteiger partial charge in [-0.05, 0) is 35.4 Å². The zero-order valence-corrected chi connectivity index (χ0v) is 16.7. The second kappa shape index (κ2) is 10.5. The third-order valence-corrected chi connectivity index (χ3v) is 4.79. The standard InChI is InChI=1S/C22H26N4O4/c23-20(27)14-25-21(28)18-6-4-16(5-7-18)13-24-22(29)19-3-1-2-17(12-19)15-26-8-10-30-11-9-26/h1-7,12H,8-11,13-15H2,(H2,23,27)(H,24,29)(H,25,28). The van der Waals surface area contributed by atoms with Crippen LogP contribution in [0, 0.1) is 0 Å². The van der Waals surface area contributed by atoms with E-state index in [0.717, 1.165) is 44.0 Å². The molecule has 4 N–H and O–H groups in total. The Morgan fingerprint density at radius 3 is 2.30 bits per heavy atom. The molecular weight excluding hydrogens is 384 g/mol. The molecule has 1 fully saturated rings. The molecule has 3 rings (SSSR count). The van der Waals surface area contributed by atoms with Gasteiger partial charge in [-0.2, -0.15) is 0 Å². The van der Waals surface area contributed by atoms with Gasteiger partial charge in [0, 0.05) is 37.3 Å². The van der Waals surface area contributed by atoms with Crippen LogP contribution in [0.15, 0.2) is 48.5 Å². The van der Waals surface area contributed by atoms with Crippen molar-refractivity contribution in [3.05, 3.63) is 70.8 Å².